The lowest BCUT2D eigenvalue weighted by Gasteiger charge is -2.22. The lowest BCUT2D eigenvalue weighted by Crippen LogP contribution is -2.38. The molecule has 28 heavy (non-hydrogen) atoms. The smallest absolute Gasteiger partial charge is 0.294 e. The molecule has 0 unspecified atom stereocenters. The Morgan fingerprint density at radius 3 is 2.61 bits per heavy atom. The standard InChI is InChI=1S/C21H22N2O3S2/c24-21-23(13-14-4-2-1-3-5-14)19-9-8-17(12-20(19)27-21)28(25,26)22-18-11-15-6-7-16(18)10-15/h1-5,8-9,12,15-16,18,22H,6-7,10-11,13H2/t15-,16-,18+/m1/s1. The van der Waals surface area contributed by atoms with Crippen LogP contribution < -0.4 is 9.60 Å². The zero-order valence-corrected chi connectivity index (χ0v) is 17.0. The van der Waals surface area contributed by atoms with Crippen LogP contribution in [-0.4, -0.2) is 19.0 Å². The van der Waals surface area contributed by atoms with Gasteiger partial charge in [-0.25, -0.2) is 13.1 Å². The van der Waals surface area contributed by atoms with Gasteiger partial charge in [0.05, 0.1) is 21.7 Å². The molecule has 2 fully saturated rings. The highest BCUT2D eigenvalue weighted by Gasteiger charge is 2.41. The highest BCUT2D eigenvalue weighted by atomic mass is 32.2. The van der Waals surface area contributed by atoms with E-state index in [-0.39, 0.29) is 15.8 Å². The Bertz CT molecular complexity index is 1180. The fraction of sp³-hybridized carbons (Fsp3) is 0.381. The molecule has 2 saturated carbocycles. The summed E-state index contributed by atoms with van der Waals surface area (Å²) >= 11 is 1.10. The number of rotatable bonds is 5. The van der Waals surface area contributed by atoms with E-state index in [2.05, 4.69) is 4.72 Å². The molecule has 0 aliphatic heterocycles. The molecule has 1 N–H and O–H groups in total. The first-order valence-electron chi connectivity index (χ1n) is 9.69. The summed E-state index contributed by atoms with van der Waals surface area (Å²) in [6.07, 6.45) is 4.46. The van der Waals surface area contributed by atoms with Crippen molar-refractivity contribution in [3.63, 3.8) is 0 Å². The van der Waals surface area contributed by atoms with Gasteiger partial charge in [-0.1, -0.05) is 48.1 Å². The van der Waals surface area contributed by atoms with Crippen LogP contribution in [0, 0.1) is 11.8 Å². The van der Waals surface area contributed by atoms with Crippen LogP contribution >= 0.6 is 11.3 Å². The first-order chi connectivity index (χ1) is 13.5. The Hall–Kier alpha value is -1.96. The molecule has 5 nitrogen and oxygen atoms in total. The molecule has 1 heterocycles. The predicted octanol–water partition coefficient (Wildman–Crippen LogP) is 3.58. The second-order valence-corrected chi connectivity index (χ2v) is 10.7. The Morgan fingerprint density at radius 1 is 1.07 bits per heavy atom. The lowest BCUT2D eigenvalue weighted by molar-refractivity contribution is 0.390. The van der Waals surface area contributed by atoms with Crippen molar-refractivity contribution in [1.82, 2.24) is 9.29 Å². The van der Waals surface area contributed by atoms with E-state index in [1.165, 1.54) is 6.42 Å². The fourth-order valence-corrected chi connectivity index (χ4v) is 7.13. The molecule has 0 radical (unpaired) electrons. The van der Waals surface area contributed by atoms with E-state index in [9.17, 15) is 13.2 Å². The van der Waals surface area contributed by atoms with Crippen molar-refractivity contribution in [2.75, 3.05) is 0 Å². The van der Waals surface area contributed by atoms with Crippen molar-refractivity contribution < 1.29 is 8.42 Å². The number of benzene rings is 2. The van der Waals surface area contributed by atoms with Gasteiger partial charge in [0.1, 0.15) is 0 Å². The van der Waals surface area contributed by atoms with Crippen molar-refractivity contribution in [3.8, 4) is 0 Å². The molecule has 3 atom stereocenters. The average molecular weight is 415 g/mol. The van der Waals surface area contributed by atoms with Crippen LogP contribution in [0.5, 0.6) is 0 Å². The second kappa shape index (κ2) is 6.83. The van der Waals surface area contributed by atoms with Gasteiger partial charge in [-0.2, -0.15) is 0 Å². The van der Waals surface area contributed by atoms with Crippen molar-refractivity contribution in [2.24, 2.45) is 11.8 Å². The van der Waals surface area contributed by atoms with Crippen LogP contribution in [-0.2, 0) is 16.6 Å². The summed E-state index contributed by atoms with van der Waals surface area (Å²) in [6, 6.07) is 14.9. The maximum atomic E-state index is 12.9. The summed E-state index contributed by atoms with van der Waals surface area (Å²) in [5, 5.41) is 0. The van der Waals surface area contributed by atoms with Gasteiger partial charge in [-0.3, -0.25) is 9.36 Å². The van der Waals surface area contributed by atoms with Crippen LogP contribution in [0.4, 0.5) is 0 Å². The fourth-order valence-electron chi connectivity index (χ4n) is 4.79. The van der Waals surface area contributed by atoms with E-state index >= 15 is 0 Å². The van der Waals surface area contributed by atoms with Gasteiger partial charge in [-0.15, -0.1) is 0 Å². The molecule has 7 heteroatoms. The number of nitrogens with zero attached hydrogens (tertiary/aromatic N) is 1. The Balaban J connectivity index is 1.44. The molecule has 2 aromatic carbocycles. The quantitative estimate of drug-likeness (QED) is 0.694. The number of hydrogen-bond donors (Lipinski definition) is 1. The van der Waals surface area contributed by atoms with Crippen LogP contribution in [0.3, 0.4) is 0 Å². The number of hydrogen-bond acceptors (Lipinski definition) is 4. The Labute approximate surface area is 168 Å². The minimum atomic E-state index is -3.57. The maximum Gasteiger partial charge on any atom is 0.308 e. The predicted molar refractivity (Wildman–Crippen MR) is 111 cm³/mol. The number of nitrogens with one attached hydrogen (secondary N) is 1. The molecule has 5 rings (SSSR count). The number of aromatic nitrogens is 1. The maximum absolute atomic E-state index is 12.9. The zero-order chi connectivity index (χ0) is 19.3. The van der Waals surface area contributed by atoms with Gasteiger partial charge in [0.15, 0.2) is 0 Å². The van der Waals surface area contributed by atoms with Crippen molar-refractivity contribution in [3.05, 3.63) is 63.8 Å². The molecule has 2 aliphatic carbocycles. The minimum Gasteiger partial charge on any atom is -0.294 e. The summed E-state index contributed by atoms with van der Waals surface area (Å²) in [5.74, 6) is 1.16. The molecule has 2 bridgehead atoms. The van der Waals surface area contributed by atoms with Crippen LogP contribution in [0.15, 0.2) is 58.2 Å². The van der Waals surface area contributed by atoms with Gasteiger partial charge in [0, 0.05) is 6.04 Å². The molecule has 1 aromatic heterocycles. The Kier molecular flexibility index (Phi) is 4.41. The van der Waals surface area contributed by atoms with E-state index in [1.54, 1.807) is 22.8 Å². The number of thiazole rings is 1. The molecule has 3 aromatic rings. The van der Waals surface area contributed by atoms with Gasteiger partial charge in [0.25, 0.3) is 0 Å². The molecule has 2 aliphatic rings. The largest absolute Gasteiger partial charge is 0.308 e. The van der Waals surface area contributed by atoms with E-state index in [0.717, 1.165) is 41.7 Å². The topological polar surface area (TPSA) is 68.2 Å². The summed E-state index contributed by atoms with van der Waals surface area (Å²) in [7, 11) is -3.57. The van der Waals surface area contributed by atoms with Crippen LogP contribution in [0.1, 0.15) is 31.2 Å². The normalized spacial score (nSPS) is 24.2. The van der Waals surface area contributed by atoms with E-state index in [1.807, 2.05) is 30.3 Å². The van der Waals surface area contributed by atoms with E-state index < -0.39 is 10.0 Å². The summed E-state index contributed by atoms with van der Waals surface area (Å²) in [4.78, 5) is 12.7. The van der Waals surface area contributed by atoms with Gasteiger partial charge in [-0.05, 0) is 54.9 Å². The zero-order valence-electron chi connectivity index (χ0n) is 15.4. The molecular formula is C21H22N2O3S2. The first kappa shape index (κ1) is 18.1. The molecule has 0 saturated heterocycles. The highest BCUT2D eigenvalue weighted by Crippen LogP contribution is 2.44. The third-order valence-electron chi connectivity index (χ3n) is 6.18. The third-order valence-corrected chi connectivity index (χ3v) is 8.61. The third kappa shape index (κ3) is 3.21. The van der Waals surface area contributed by atoms with Gasteiger partial charge >= 0.3 is 4.87 Å². The average Bonchev–Trinajstić information content (AvgIpc) is 3.37. The van der Waals surface area contributed by atoms with Gasteiger partial charge < -0.3 is 0 Å². The molecular weight excluding hydrogens is 392 g/mol. The summed E-state index contributed by atoms with van der Waals surface area (Å²) < 4.78 is 31.1. The van der Waals surface area contributed by atoms with Crippen molar-refractivity contribution in [2.45, 2.75) is 43.2 Å². The van der Waals surface area contributed by atoms with E-state index in [0.29, 0.717) is 23.1 Å². The second-order valence-electron chi connectivity index (χ2n) is 7.97. The number of fused-ring (bicyclic) bond motifs is 3. The Morgan fingerprint density at radius 2 is 1.89 bits per heavy atom. The van der Waals surface area contributed by atoms with Crippen LogP contribution in [0.2, 0.25) is 0 Å². The molecule has 0 spiro atoms. The van der Waals surface area contributed by atoms with Crippen molar-refractivity contribution in [1.29, 1.82) is 0 Å². The lowest BCUT2D eigenvalue weighted by atomic mass is 9.96. The highest BCUT2D eigenvalue weighted by molar-refractivity contribution is 7.89. The summed E-state index contributed by atoms with van der Waals surface area (Å²) in [6.45, 7) is 0.481. The van der Waals surface area contributed by atoms with E-state index in [4.69, 9.17) is 0 Å². The monoisotopic (exact) mass is 414 g/mol. The first-order valence-corrected chi connectivity index (χ1v) is 12.0. The minimum absolute atomic E-state index is 0.0564. The molecule has 0 amide bonds. The van der Waals surface area contributed by atoms with Crippen LogP contribution in [0.25, 0.3) is 10.2 Å². The van der Waals surface area contributed by atoms with Crippen molar-refractivity contribution >= 4 is 31.6 Å². The van der Waals surface area contributed by atoms with Gasteiger partial charge in [0.2, 0.25) is 10.0 Å². The molecule has 146 valence electrons. The summed E-state index contributed by atoms with van der Waals surface area (Å²) in [5.41, 5.74) is 1.82. The number of sulfonamides is 1. The SMILES string of the molecule is O=c1sc2cc(S(=O)(=O)N[C@H]3C[C@@H]4CC[C@@H]3C4)ccc2n1Cc1ccccc1.